The summed E-state index contributed by atoms with van der Waals surface area (Å²) >= 11 is 0. The van der Waals surface area contributed by atoms with Crippen LogP contribution >= 0.6 is 0 Å². The molecular weight excluding hydrogens is 232 g/mol. The third-order valence-corrected chi connectivity index (χ3v) is 2.19. The van der Waals surface area contributed by atoms with Crippen LogP contribution in [0.4, 0.5) is 10.5 Å². The maximum Gasteiger partial charge on any atom is 0.412 e. The molecule has 5 nitrogen and oxygen atoms in total. The number of benzene rings is 1. The number of nitrogens with one attached hydrogen (secondary N) is 1. The molecular formula is C13H20N2O3. The zero-order valence-corrected chi connectivity index (χ0v) is 11.2. The number of anilines is 1. The van der Waals surface area contributed by atoms with Gasteiger partial charge in [-0.05, 0) is 32.9 Å². The number of hydrogen-bond donors (Lipinski definition) is 2. The van der Waals surface area contributed by atoms with Crippen molar-refractivity contribution in [1.29, 1.82) is 0 Å². The van der Waals surface area contributed by atoms with Crippen molar-refractivity contribution in [3.05, 3.63) is 23.8 Å². The molecule has 0 fully saturated rings. The molecule has 1 aromatic rings. The molecule has 1 aromatic carbocycles. The normalized spacial score (nSPS) is 10.9. The number of ether oxygens (including phenoxy) is 2. The van der Waals surface area contributed by atoms with Crippen molar-refractivity contribution in [3.8, 4) is 5.75 Å². The third kappa shape index (κ3) is 3.92. The van der Waals surface area contributed by atoms with E-state index in [-0.39, 0.29) is 6.54 Å². The van der Waals surface area contributed by atoms with Crippen molar-refractivity contribution >= 4 is 11.8 Å². The van der Waals surface area contributed by atoms with Gasteiger partial charge in [-0.25, -0.2) is 4.79 Å². The number of hydrogen-bond acceptors (Lipinski definition) is 4. The molecule has 0 aliphatic carbocycles. The highest BCUT2D eigenvalue weighted by molar-refractivity contribution is 5.86. The van der Waals surface area contributed by atoms with Crippen molar-refractivity contribution in [2.45, 2.75) is 32.9 Å². The van der Waals surface area contributed by atoms with E-state index in [1.165, 1.54) is 0 Å². The van der Waals surface area contributed by atoms with Gasteiger partial charge in [-0.2, -0.15) is 0 Å². The molecule has 0 atom stereocenters. The summed E-state index contributed by atoms with van der Waals surface area (Å²) in [6.45, 7) is 5.70. The fraction of sp³-hybridized carbons (Fsp3) is 0.462. The Morgan fingerprint density at radius 2 is 2.06 bits per heavy atom. The summed E-state index contributed by atoms with van der Waals surface area (Å²) in [5.41, 5.74) is 6.47. The maximum atomic E-state index is 11.7. The Balaban J connectivity index is 2.87. The third-order valence-electron chi connectivity index (χ3n) is 2.19. The Morgan fingerprint density at radius 3 is 2.56 bits per heavy atom. The summed E-state index contributed by atoms with van der Waals surface area (Å²) in [5.74, 6) is 0.644. The van der Waals surface area contributed by atoms with Gasteiger partial charge in [0.25, 0.3) is 0 Å². The highest BCUT2D eigenvalue weighted by atomic mass is 16.6. The van der Waals surface area contributed by atoms with Gasteiger partial charge in [0, 0.05) is 12.1 Å². The van der Waals surface area contributed by atoms with Crippen molar-refractivity contribution in [3.63, 3.8) is 0 Å². The van der Waals surface area contributed by atoms with Crippen molar-refractivity contribution < 1.29 is 14.3 Å². The number of nitrogens with two attached hydrogens (primary N) is 1. The summed E-state index contributed by atoms with van der Waals surface area (Å²) in [4.78, 5) is 11.7. The van der Waals surface area contributed by atoms with E-state index in [9.17, 15) is 4.79 Å². The predicted molar refractivity (Wildman–Crippen MR) is 70.7 cm³/mol. The van der Waals surface area contributed by atoms with Gasteiger partial charge in [0.1, 0.15) is 11.4 Å². The van der Waals surface area contributed by atoms with E-state index < -0.39 is 11.7 Å². The van der Waals surface area contributed by atoms with E-state index in [2.05, 4.69) is 5.32 Å². The Bertz CT molecular complexity index is 425. The standard InChI is InChI=1S/C13H20N2O3/c1-13(2,3)18-12(16)15-10-6-5-7-11(17-4)9(10)8-14/h5-7H,8,14H2,1-4H3,(H,15,16). The number of amides is 1. The Kier molecular flexibility index (Phi) is 4.55. The molecule has 0 aromatic heterocycles. The number of carbonyl (C=O) groups excluding carboxylic acids is 1. The highest BCUT2D eigenvalue weighted by Crippen LogP contribution is 2.26. The molecule has 0 saturated heterocycles. The molecule has 1 rings (SSSR count). The average Bonchev–Trinajstić information content (AvgIpc) is 2.25. The topological polar surface area (TPSA) is 73.6 Å². The van der Waals surface area contributed by atoms with Crippen LogP contribution in [-0.4, -0.2) is 18.8 Å². The molecule has 0 bridgehead atoms. The summed E-state index contributed by atoms with van der Waals surface area (Å²) < 4.78 is 10.4. The predicted octanol–water partition coefficient (Wildman–Crippen LogP) is 2.50. The Morgan fingerprint density at radius 1 is 1.39 bits per heavy atom. The number of methoxy groups -OCH3 is 1. The first-order chi connectivity index (χ1) is 8.37. The monoisotopic (exact) mass is 252 g/mol. The van der Waals surface area contributed by atoms with Crippen molar-refractivity contribution in [1.82, 2.24) is 0 Å². The second-order valence-electron chi connectivity index (χ2n) is 4.82. The zero-order valence-electron chi connectivity index (χ0n) is 11.2. The van der Waals surface area contributed by atoms with Crippen LogP contribution in [0.3, 0.4) is 0 Å². The quantitative estimate of drug-likeness (QED) is 0.866. The minimum atomic E-state index is -0.536. The first-order valence-electron chi connectivity index (χ1n) is 5.73. The Labute approximate surface area is 107 Å². The van der Waals surface area contributed by atoms with Crippen LogP contribution in [0.2, 0.25) is 0 Å². The molecule has 0 spiro atoms. The lowest BCUT2D eigenvalue weighted by atomic mass is 10.1. The number of rotatable bonds is 3. The molecule has 3 N–H and O–H groups in total. The summed E-state index contributed by atoms with van der Waals surface area (Å²) in [5, 5.41) is 2.67. The van der Waals surface area contributed by atoms with Crippen LogP contribution in [0.5, 0.6) is 5.75 Å². The molecule has 1 amide bonds. The van der Waals surface area contributed by atoms with Gasteiger partial charge < -0.3 is 15.2 Å². The number of carbonyl (C=O) groups is 1. The van der Waals surface area contributed by atoms with Gasteiger partial charge in [0.15, 0.2) is 0 Å². The van der Waals surface area contributed by atoms with Crippen LogP contribution in [0, 0.1) is 0 Å². The minimum absolute atomic E-state index is 0.273. The van der Waals surface area contributed by atoms with E-state index in [4.69, 9.17) is 15.2 Å². The van der Waals surface area contributed by atoms with Crippen LogP contribution in [0.1, 0.15) is 26.3 Å². The molecule has 0 heterocycles. The molecule has 0 aliphatic rings. The lowest BCUT2D eigenvalue weighted by molar-refractivity contribution is 0.0636. The van der Waals surface area contributed by atoms with Gasteiger partial charge in [0.2, 0.25) is 0 Å². The van der Waals surface area contributed by atoms with E-state index in [0.29, 0.717) is 11.4 Å². The molecule has 0 radical (unpaired) electrons. The summed E-state index contributed by atoms with van der Waals surface area (Å²) in [6, 6.07) is 5.34. The van der Waals surface area contributed by atoms with Crippen molar-refractivity contribution in [2.24, 2.45) is 5.73 Å². The molecule has 18 heavy (non-hydrogen) atoms. The van der Waals surface area contributed by atoms with Crippen LogP contribution < -0.4 is 15.8 Å². The van der Waals surface area contributed by atoms with Crippen LogP contribution in [0.15, 0.2) is 18.2 Å². The molecule has 0 unspecified atom stereocenters. The fourth-order valence-corrected chi connectivity index (χ4v) is 1.50. The first-order valence-corrected chi connectivity index (χ1v) is 5.73. The Hall–Kier alpha value is -1.75. The van der Waals surface area contributed by atoms with E-state index in [1.807, 2.05) is 20.8 Å². The maximum absolute atomic E-state index is 11.7. The largest absolute Gasteiger partial charge is 0.496 e. The second kappa shape index (κ2) is 5.73. The van der Waals surface area contributed by atoms with Crippen molar-refractivity contribution in [2.75, 3.05) is 12.4 Å². The second-order valence-corrected chi connectivity index (χ2v) is 4.82. The zero-order chi connectivity index (χ0) is 13.8. The average molecular weight is 252 g/mol. The van der Waals surface area contributed by atoms with Gasteiger partial charge in [-0.3, -0.25) is 5.32 Å². The SMILES string of the molecule is COc1cccc(NC(=O)OC(C)(C)C)c1CN. The van der Waals surface area contributed by atoms with E-state index in [0.717, 1.165) is 5.56 Å². The van der Waals surface area contributed by atoms with Gasteiger partial charge in [0.05, 0.1) is 12.8 Å². The van der Waals surface area contributed by atoms with E-state index >= 15 is 0 Å². The van der Waals surface area contributed by atoms with Gasteiger partial charge in [-0.15, -0.1) is 0 Å². The highest BCUT2D eigenvalue weighted by Gasteiger charge is 2.17. The van der Waals surface area contributed by atoms with Crippen LogP contribution in [0.25, 0.3) is 0 Å². The lowest BCUT2D eigenvalue weighted by Gasteiger charge is -2.20. The van der Waals surface area contributed by atoms with Crippen LogP contribution in [-0.2, 0) is 11.3 Å². The molecule has 0 aliphatic heterocycles. The summed E-state index contributed by atoms with van der Waals surface area (Å²) in [7, 11) is 1.56. The van der Waals surface area contributed by atoms with Gasteiger partial charge >= 0.3 is 6.09 Å². The minimum Gasteiger partial charge on any atom is -0.496 e. The van der Waals surface area contributed by atoms with Gasteiger partial charge in [-0.1, -0.05) is 6.07 Å². The molecule has 0 saturated carbocycles. The smallest absolute Gasteiger partial charge is 0.412 e. The fourth-order valence-electron chi connectivity index (χ4n) is 1.50. The van der Waals surface area contributed by atoms with E-state index in [1.54, 1.807) is 25.3 Å². The first kappa shape index (κ1) is 14.3. The molecule has 5 heteroatoms. The molecule has 100 valence electrons. The summed E-state index contributed by atoms with van der Waals surface area (Å²) in [6.07, 6.45) is -0.509. The lowest BCUT2D eigenvalue weighted by Crippen LogP contribution is -2.27.